The van der Waals surface area contributed by atoms with Crippen LogP contribution in [0.25, 0.3) is 0 Å². The van der Waals surface area contributed by atoms with Crippen LogP contribution in [0.4, 0.5) is 13.2 Å². The van der Waals surface area contributed by atoms with Gasteiger partial charge in [-0.25, -0.2) is 0 Å². The van der Waals surface area contributed by atoms with Gasteiger partial charge in [-0.1, -0.05) is 6.92 Å². The van der Waals surface area contributed by atoms with Gasteiger partial charge in [0.15, 0.2) is 0 Å². The Balaban J connectivity index is 2.09. The molecule has 0 radical (unpaired) electrons. The fraction of sp³-hybridized carbons (Fsp3) is 0.533. The van der Waals surface area contributed by atoms with Crippen LogP contribution in [0.15, 0.2) is 29.2 Å². The second-order valence-corrected chi connectivity index (χ2v) is 6.36. The van der Waals surface area contributed by atoms with Crippen molar-refractivity contribution in [2.45, 2.75) is 36.2 Å². The summed E-state index contributed by atoms with van der Waals surface area (Å²) in [6.07, 6.45) is 1.76. The summed E-state index contributed by atoms with van der Waals surface area (Å²) < 4.78 is 36.9. The molecule has 0 saturated carbocycles. The van der Waals surface area contributed by atoms with Gasteiger partial charge >= 0.3 is 5.51 Å². The second kappa shape index (κ2) is 7.37. The SMILES string of the molecule is CCCN(C(=O)c1ccc(SC(F)(F)F)cc1)C1CCNC1. The van der Waals surface area contributed by atoms with Crippen LogP contribution in [0.5, 0.6) is 0 Å². The van der Waals surface area contributed by atoms with Gasteiger partial charge in [-0.2, -0.15) is 13.2 Å². The molecule has 7 heteroatoms. The van der Waals surface area contributed by atoms with Gasteiger partial charge in [0.1, 0.15) is 0 Å². The Labute approximate surface area is 132 Å². The molecule has 1 fully saturated rings. The van der Waals surface area contributed by atoms with Crippen molar-refractivity contribution in [1.29, 1.82) is 0 Å². The molecule has 122 valence electrons. The summed E-state index contributed by atoms with van der Waals surface area (Å²) >= 11 is -0.170. The molecule has 1 unspecified atom stereocenters. The molecule has 0 spiro atoms. The highest BCUT2D eigenvalue weighted by Crippen LogP contribution is 2.36. The summed E-state index contributed by atoms with van der Waals surface area (Å²) in [6.45, 7) is 4.32. The molecule has 2 rings (SSSR count). The molecule has 0 bridgehead atoms. The lowest BCUT2D eigenvalue weighted by atomic mass is 10.1. The Hall–Kier alpha value is -1.21. The summed E-state index contributed by atoms with van der Waals surface area (Å²) in [5, 5.41) is 3.23. The highest BCUT2D eigenvalue weighted by atomic mass is 32.2. The zero-order valence-corrected chi connectivity index (χ0v) is 13.1. The van der Waals surface area contributed by atoms with Crippen molar-refractivity contribution >= 4 is 17.7 Å². The molecule has 1 atom stereocenters. The number of carbonyl (C=O) groups is 1. The first kappa shape index (κ1) is 17.1. The third kappa shape index (κ3) is 4.64. The minimum absolute atomic E-state index is 0.0913. The molecule has 1 heterocycles. The lowest BCUT2D eigenvalue weighted by Crippen LogP contribution is -2.42. The van der Waals surface area contributed by atoms with Gasteiger partial charge in [-0.05, 0) is 55.4 Å². The van der Waals surface area contributed by atoms with Gasteiger partial charge < -0.3 is 10.2 Å². The maximum Gasteiger partial charge on any atom is 0.446 e. The summed E-state index contributed by atoms with van der Waals surface area (Å²) in [4.78, 5) is 14.5. The number of carbonyl (C=O) groups excluding carboxylic acids is 1. The van der Waals surface area contributed by atoms with Gasteiger partial charge in [0, 0.05) is 29.6 Å². The molecule has 1 amide bonds. The summed E-state index contributed by atoms with van der Waals surface area (Å²) in [6, 6.07) is 5.81. The summed E-state index contributed by atoms with van der Waals surface area (Å²) in [5.74, 6) is -0.112. The zero-order chi connectivity index (χ0) is 16.2. The zero-order valence-electron chi connectivity index (χ0n) is 12.3. The minimum atomic E-state index is -4.31. The quantitative estimate of drug-likeness (QED) is 0.838. The normalized spacial score (nSPS) is 18.5. The van der Waals surface area contributed by atoms with Crippen LogP contribution < -0.4 is 5.32 Å². The van der Waals surface area contributed by atoms with Crippen molar-refractivity contribution in [3.63, 3.8) is 0 Å². The Morgan fingerprint density at radius 3 is 2.55 bits per heavy atom. The van der Waals surface area contributed by atoms with E-state index in [1.165, 1.54) is 24.3 Å². The van der Waals surface area contributed by atoms with Crippen LogP contribution in [-0.4, -0.2) is 42.0 Å². The first-order valence-electron chi connectivity index (χ1n) is 7.28. The van der Waals surface area contributed by atoms with E-state index in [-0.39, 0.29) is 28.6 Å². The van der Waals surface area contributed by atoms with Crippen molar-refractivity contribution in [2.75, 3.05) is 19.6 Å². The third-order valence-electron chi connectivity index (χ3n) is 3.54. The van der Waals surface area contributed by atoms with E-state index in [1.807, 2.05) is 11.8 Å². The van der Waals surface area contributed by atoms with Crippen molar-refractivity contribution in [3.05, 3.63) is 29.8 Å². The fourth-order valence-electron chi connectivity index (χ4n) is 2.56. The maximum absolute atomic E-state index is 12.6. The number of hydrogen-bond donors (Lipinski definition) is 1. The maximum atomic E-state index is 12.6. The standard InChI is InChI=1S/C15H19F3N2OS/c1-2-9-20(12-7-8-19-10-12)14(21)11-3-5-13(6-4-11)22-15(16,17)18/h3-6,12,19H,2,7-10H2,1H3. The van der Waals surface area contributed by atoms with E-state index < -0.39 is 5.51 Å². The van der Waals surface area contributed by atoms with Crippen molar-refractivity contribution in [1.82, 2.24) is 10.2 Å². The van der Waals surface area contributed by atoms with Crippen molar-refractivity contribution < 1.29 is 18.0 Å². The summed E-state index contributed by atoms with van der Waals surface area (Å²) in [5.41, 5.74) is -3.87. The topological polar surface area (TPSA) is 32.3 Å². The summed E-state index contributed by atoms with van der Waals surface area (Å²) in [7, 11) is 0. The molecule has 22 heavy (non-hydrogen) atoms. The number of alkyl halides is 3. The van der Waals surface area contributed by atoms with Crippen LogP contribution in [0.3, 0.4) is 0 Å². The smallest absolute Gasteiger partial charge is 0.334 e. The molecular formula is C15H19F3N2OS. The van der Waals surface area contributed by atoms with Gasteiger partial charge in [0.05, 0.1) is 0 Å². The molecule has 1 saturated heterocycles. The van der Waals surface area contributed by atoms with E-state index >= 15 is 0 Å². The van der Waals surface area contributed by atoms with E-state index in [1.54, 1.807) is 0 Å². The number of nitrogens with zero attached hydrogens (tertiary/aromatic N) is 1. The fourth-order valence-corrected chi connectivity index (χ4v) is 3.10. The van der Waals surface area contributed by atoms with Crippen molar-refractivity contribution in [2.24, 2.45) is 0 Å². The minimum Gasteiger partial charge on any atom is -0.334 e. The van der Waals surface area contributed by atoms with E-state index in [0.29, 0.717) is 12.1 Å². The molecular weight excluding hydrogens is 313 g/mol. The molecule has 1 aliphatic rings. The molecule has 0 aromatic heterocycles. The average molecular weight is 332 g/mol. The van der Waals surface area contributed by atoms with Crippen LogP contribution in [0, 0.1) is 0 Å². The van der Waals surface area contributed by atoms with Crippen LogP contribution >= 0.6 is 11.8 Å². The van der Waals surface area contributed by atoms with Crippen LogP contribution in [-0.2, 0) is 0 Å². The predicted octanol–water partition coefficient (Wildman–Crippen LogP) is 3.51. The predicted molar refractivity (Wildman–Crippen MR) is 81.0 cm³/mol. The lowest BCUT2D eigenvalue weighted by molar-refractivity contribution is -0.0328. The number of nitrogens with one attached hydrogen (secondary N) is 1. The molecule has 3 nitrogen and oxygen atoms in total. The van der Waals surface area contributed by atoms with Gasteiger partial charge in [-0.3, -0.25) is 4.79 Å². The third-order valence-corrected chi connectivity index (χ3v) is 4.27. The van der Waals surface area contributed by atoms with Gasteiger partial charge in [0.25, 0.3) is 5.91 Å². The van der Waals surface area contributed by atoms with Gasteiger partial charge in [-0.15, -0.1) is 0 Å². The Morgan fingerprint density at radius 2 is 2.05 bits per heavy atom. The first-order valence-corrected chi connectivity index (χ1v) is 8.10. The van der Waals surface area contributed by atoms with E-state index in [2.05, 4.69) is 5.32 Å². The highest BCUT2D eigenvalue weighted by Gasteiger charge is 2.30. The molecule has 1 aromatic carbocycles. The second-order valence-electron chi connectivity index (χ2n) is 5.22. The number of benzene rings is 1. The van der Waals surface area contributed by atoms with Crippen LogP contribution in [0.2, 0.25) is 0 Å². The Kier molecular flexibility index (Phi) is 5.74. The van der Waals surface area contributed by atoms with E-state index in [9.17, 15) is 18.0 Å². The van der Waals surface area contributed by atoms with E-state index in [0.717, 1.165) is 25.9 Å². The van der Waals surface area contributed by atoms with Gasteiger partial charge in [0.2, 0.25) is 0 Å². The first-order chi connectivity index (χ1) is 10.4. The van der Waals surface area contributed by atoms with Crippen molar-refractivity contribution in [3.8, 4) is 0 Å². The number of thioether (sulfide) groups is 1. The molecule has 1 aliphatic heterocycles. The monoisotopic (exact) mass is 332 g/mol. The highest BCUT2D eigenvalue weighted by molar-refractivity contribution is 8.00. The largest absolute Gasteiger partial charge is 0.446 e. The van der Waals surface area contributed by atoms with Crippen LogP contribution in [0.1, 0.15) is 30.1 Å². The molecule has 1 N–H and O–H groups in total. The number of hydrogen-bond acceptors (Lipinski definition) is 3. The number of rotatable bonds is 5. The van der Waals surface area contributed by atoms with E-state index in [4.69, 9.17) is 0 Å². The number of halogens is 3. The molecule has 1 aromatic rings. The number of amides is 1. The Bertz CT molecular complexity index is 499. The average Bonchev–Trinajstić information content (AvgIpc) is 2.97. The molecule has 0 aliphatic carbocycles. The Morgan fingerprint density at radius 1 is 1.36 bits per heavy atom. The lowest BCUT2D eigenvalue weighted by Gasteiger charge is -2.28.